The van der Waals surface area contributed by atoms with E-state index in [1.165, 1.54) is 16.7 Å². The fraction of sp³-hybridized carbons (Fsp3) is 0.375. The van der Waals surface area contributed by atoms with E-state index in [-0.39, 0.29) is 5.91 Å². The van der Waals surface area contributed by atoms with Gasteiger partial charge < -0.3 is 14.6 Å². The van der Waals surface area contributed by atoms with Gasteiger partial charge in [-0.2, -0.15) is 0 Å². The molecule has 0 unspecified atom stereocenters. The SMILES string of the molecule is COc1ccc2[nH]c3c(c2c1)CN(C(=O)[C@H](C)n1cnnn1)CC3. The highest BCUT2D eigenvalue weighted by Gasteiger charge is 2.28. The van der Waals surface area contributed by atoms with E-state index < -0.39 is 6.04 Å². The Labute approximate surface area is 138 Å². The van der Waals surface area contributed by atoms with E-state index in [9.17, 15) is 4.79 Å². The number of hydrogen-bond donors (Lipinski definition) is 1. The summed E-state index contributed by atoms with van der Waals surface area (Å²) in [4.78, 5) is 18.1. The van der Waals surface area contributed by atoms with Gasteiger partial charge in [-0.15, -0.1) is 5.10 Å². The van der Waals surface area contributed by atoms with Crippen LogP contribution in [0.15, 0.2) is 24.5 Å². The van der Waals surface area contributed by atoms with Crippen LogP contribution in [-0.2, 0) is 17.8 Å². The van der Waals surface area contributed by atoms with Crippen LogP contribution in [0, 0.1) is 0 Å². The zero-order chi connectivity index (χ0) is 16.7. The van der Waals surface area contributed by atoms with Gasteiger partial charge in [0.15, 0.2) is 0 Å². The van der Waals surface area contributed by atoms with E-state index in [1.54, 1.807) is 7.11 Å². The van der Waals surface area contributed by atoms with Crippen LogP contribution in [0.1, 0.15) is 24.2 Å². The van der Waals surface area contributed by atoms with Crippen molar-refractivity contribution in [3.05, 3.63) is 35.8 Å². The van der Waals surface area contributed by atoms with Crippen molar-refractivity contribution >= 4 is 16.8 Å². The molecule has 1 atom stereocenters. The van der Waals surface area contributed by atoms with Crippen LogP contribution in [-0.4, -0.2) is 49.7 Å². The molecule has 4 rings (SSSR count). The first kappa shape index (κ1) is 14.7. The van der Waals surface area contributed by atoms with Gasteiger partial charge in [0.05, 0.1) is 7.11 Å². The van der Waals surface area contributed by atoms with Crippen molar-refractivity contribution in [1.29, 1.82) is 0 Å². The Morgan fingerprint density at radius 2 is 2.29 bits per heavy atom. The molecule has 124 valence electrons. The fourth-order valence-corrected chi connectivity index (χ4v) is 3.23. The van der Waals surface area contributed by atoms with Gasteiger partial charge in [0, 0.05) is 41.7 Å². The zero-order valence-electron chi connectivity index (χ0n) is 13.6. The maximum Gasteiger partial charge on any atom is 0.247 e. The van der Waals surface area contributed by atoms with Crippen LogP contribution in [0.4, 0.5) is 0 Å². The van der Waals surface area contributed by atoms with E-state index in [1.807, 2.05) is 30.0 Å². The van der Waals surface area contributed by atoms with E-state index in [0.29, 0.717) is 13.1 Å². The van der Waals surface area contributed by atoms with Crippen molar-refractivity contribution < 1.29 is 9.53 Å². The molecule has 1 N–H and O–H groups in total. The highest BCUT2D eigenvalue weighted by molar-refractivity contribution is 5.87. The number of carbonyl (C=O) groups excluding carboxylic acids is 1. The van der Waals surface area contributed by atoms with Crippen molar-refractivity contribution in [2.75, 3.05) is 13.7 Å². The Bertz CT molecular complexity index is 885. The Kier molecular flexibility index (Phi) is 3.44. The van der Waals surface area contributed by atoms with Crippen molar-refractivity contribution in [2.24, 2.45) is 0 Å². The van der Waals surface area contributed by atoms with Gasteiger partial charge >= 0.3 is 0 Å². The molecule has 1 aliphatic rings. The standard InChI is InChI=1S/C16H18N6O2/c1-10(22-9-17-19-20-22)16(23)21-6-5-15-13(8-21)12-7-11(24-2)3-4-14(12)18-15/h3-4,7,9-10,18H,5-6,8H2,1-2H3/t10-/m0/s1. The van der Waals surface area contributed by atoms with Gasteiger partial charge in [0.25, 0.3) is 0 Å². The van der Waals surface area contributed by atoms with E-state index >= 15 is 0 Å². The van der Waals surface area contributed by atoms with Crippen molar-refractivity contribution in [3.8, 4) is 5.75 Å². The number of nitrogens with zero attached hydrogens (tertiary/aromatic N) is 5. The Morgan fingerprint density at radius 1 is 1.42 bits per heavy atom. The molecule has 8 nitrogen and oxygen atoms in total. The quantitative estimate of drug-likeness (QED) is 0.784. The number of methoxy groups -OCH3 is 1. The predicted octanol–water partition coefficient (Wildman–Crippen LogP) is 1.31. The summed E-state index contributed by atoms with van der Waals surface area (Å²) in [6.45, 7) is 3.07. The van der Waals surface area contributed by atoms with Crippen LogP contribution in [0.5, 0.6) is 5.75 Å². The zero-order valence-corrected chi connectivity index (χ0v) is 13.6. The minimum absolute atomic E-state index is 0.0187. The first-order valence-electron chi connectivity index (χ1n) is 7.86. The molecule has 1 aromatic carbocycles. The average molecular weight is 326 g/mol. The number of tetrazole rings is 1. The van der Waals surface area contributed by atoms with Crippen molar-refractivity contribution in [1.82, 2.24) is 30.1 Å². The third kappa shape index (κ3) is 2.31. The third-order valence-corrected chi connectivity index (χ3v) is 4.61. The van der Waals surface area contributed by atoms with Gasteiger partial charge in [-0.05, 0) is 35.5 Å². The summed E-state index contributed by atoms with van der Waals surface area (Å²) in [6, 6.07) is 5.56. The summed E-state index contributed by atoms with van der Waals surface area (Å²) in [5, 5.41) is 12.1. The Balaban J connectivity index is 1.64. The van der Waals surface area contributed by atoms with Gasteiger partial charge in [-0.3, -0.25) is 4.79 Å². The Hall–Kier alpha value is -2.90. The fourth-order valence-electron chi connectivity index (χ4n) is 3.23. The number of aromatic nitrogens is 5. The molecule has 3 aromatic rings. The highest BCUT2D eigenvalue weighted by atomic mass is 16.5. The van der Waals surface area contributed by atoms with Gasteiger partial charge in [0.1, 0.15) is 18.1 Å². The minimum Gasteiger partial charge on any atom is -0.497 e. The lowest BCUT2D eigenvalue weighted by atomic mass is 10.0. The molecule has 0 saturated carbocycles. The number of rotatable bonds is 3. The number of carbonyl (C=O) groups is 1. The van der Waals surface area contributed by atoms with Crippen LogP contribution in [0.25, 0.3) is 10.9 Å². The molecule has 0 bridgehead atoms. The molecule has 0 spiro atoms. The van der Waals surface area contributed by atoms with Crippen LogP contribution < -0.4 is 4.74 Å². The number of amides is 1. The summed E-state index contributed by atoms with van der Waals surface area (Å²) in [5.41, 5.74) is 3.42. The summed E-state index contributed by atoms with van der Waals surface area (Å²) >= 11 is 0. The molecule has 3 heterocycles. The minimum atomic E-state index is -0.415. The number of aromatic amines is 1. The maximum atomic E-state index is 12.8. The lowest BCUT2D eigenvalue weighted by Gasteiger charge is -2.29. The molecular weight excluding hydrogens is 308 g/mol. The number of H-pyrrole nitrogens is 1. The molecule has 8 heteroatoms. The van der Waals surface area contributed by atoms with Gasteiger partial charge in [0.2, 0.25) is 5.91 Å². The molecule has 2 aromatic heterocycles. The van der Waals surface area contributed by atoms with Crippen LogP contribution in [0.2, 0.25) is 0 Å². The lowest BCUT2D eigenvalue weighted by molar-refractivity contribution is -0.135. The van der Waals surface area contributed by atoms with E-state index in [2.05, 4.69) is 20.5 Å². The first-order chi connectivity index (χ1) is 11.7. The summed E-state index contributed by atoms with van der Waals surface area (Å²) in [5.74, 6) is 0.833. The van der Waals surface area contributed by atoms with Gasteiger partial charge in [-0.1, -0.05) is 0 Å². The largest absolute Gasteiger partial charge is 0.497 e. The molecule has 0 radical (unpaired) electrons. The lowest BCUT2D eigenvalue weighted by Crippen LogP contribution is -2.39. The molecule has 1 amide bonds. The smallest absolute Gasteiger partial charge is 0.247 e. The predicted molar refractivity (Wildman–Crippen MR) is 86.5 cm³/mol. The number of nitrogens with one attached hydrogen (secondary N) is 1. The van der Waals surface area contributed by atoms with Crippen LogP contribution in [0.3, 0.4) is 0 Å². The maximum absolute atomic E-state index is 12.8. The molecular formula is C16H18N6O2. The first-order valence-corrected chi connectivity index (χ1v) is 7.86. The average Bonchev–Trinajstić information content (AvgIpc) is 3.27. The number of benzene rings is 1. The summed E-state index contributed by atoms with van der Waals surface area (Å²) in [7, 11) is 1.66. The summed E-state index contributed by atoms with van der Waals surface area (Å²) in [6.07, 6.45) is 2.27. The molecule has 0 fully saturated rings. The molecule has 24 heavy (non-hydrogen) atoms. The molecule has 1 aliphatic heterocycles. The highest BCUT2D eigenvalue weighted by Crippen LogP contribution is 2.31. The summed E-state index contributed by atoms with van der Waals surface area (Å²) < 4.78 is 6.81. The molecule has 0 aliphatic carbocycles. The monoisotopic (exact) mass is 326 g/mol. The second-order valence-electron chi connectivity index (χ2n) is 5.97. The number of hydrogen-bond acceptors (Lipinski definition) is 5. The second kappa shape index (κ2) is 5.63. The van der Waals surface area contributed by atoms with E-state index in [4.69, 9.17) is 4.74 Å². The number of fused-ring (bicyclic) bond motifs is 3. The van der Waals surface area contributed by atoms with Crippen molar-refractivity contribution in [3.63, 3.8) is 0 Å². The molecule has 0 saturated heterocycles. The topological polar surface area (TPSA) is 88.9 Å². The number of ether oxygens (including phenoxy) is 1. The second-order valence-corrected chi connectivity index (χ2v) is 5.97. The van der Waals surface area contributed by atoms with Crippen molar-refractivity contribution in [2.45, 2.75) is 25.9 Å². The normalized spacial score (nSPS) is 15.3. The third-order valence-electron chi connectivity index (χ3n) is 4.61. The van der Waals surface area contributed by atoms with Gasteiger partial charge in [-0.25, -0.2) is 4.68 Å². The van der Waals surface area contributed by atoms with E-state index in [0.717, 1.165) is 28.6 Å². The Morgan fingerprint density at radius 3 is 3.04 bits per heavy atom. The van der Waals surface area contributed by atoms with Crippen LogP contribution >= 0.6 is 0 Å².